The fourth-order valence-electron chi connectivity index (χ4n) is 2.73. The molecule has 0 saturated heterocycles. The summed E-state index contributed by atoms with van der Waals surface area (Å²) < 4.78 is 6.16. The van der Waals surface area contributed by atoms with Crippen LogP contribution >= 0.6 is 0 Å². The van der Waals surface area contributed by atoms with E-state index in [9.17, 15) is 5.11 Å². The second-order valence-corrected chi connectivity index (χ2v) is 7.25. The molecule has 0 saturated carbocycles. The lowest BCUT2D eigenvalue weighted by molar-refractivity contribution is -0.217. The minimum Gasteiger partial charge on any atom is -0.396 e. The zero-order valence-electron chi connectivity index (χ0n) is 17.4. The molecular formula is C18H42N4O3. The Labute approximate surface area is 155 Å². The molecule has 152 valence electrons. The molecule has 0 rings (SSSR count). The largest absolute Gasteiger partial charge is 0.396 e. The molecule has 0 fully saturated rings. The summed E-state index contributed by atoms with van der Waals surface area (Å²) >= 11 is 0. The first-order chi connectivity index (χ1) is 11.8. The lowest BCUT2D eigenvalue weighted by Gasteiger charge is -2.43. The molecule has 0 heterocycles. The summed E-state index contributed by atoms with van der Waals surface area (Å²) in [7, 11) is 10.1. The van der Waals surface area contributed by atoms with Crippen LogP contribution in [0.2, 0.25) is 0 Å². The maximum Gasteiger partial charge on any atom is 0.176 e. The van der Waals surface area contributed by atoms with E-state index in [4.69, 9.17) is 9.84 Å². The van der Waals surface area contributed by atoms with E-state index >= 15 is 0 Å². The van der Waals surface area contributed by atoms with E-state index in [0.717, 1.165) is 45.4 Å². The number of rotatable bonds is 16. The molecule has 0 aliphatic heterocycles. The number of aliphatic hydroxyl groups is 2. The molecule has 25 heavy (non-hydrogen) atoms. The van der Waals surface area contributed by atoms with Crippen molar-refractivity contribution in [1.82, 2.24) is 19.6 Å². The van der Waals surface area contributed by atoms with Crippen molar-refractivity contribution in [3.05, 3.63) is 0 Å². The summed E-state index contributed by atoms with van der Waals surface area (Å²) in [6.45, 7) is 7.65. The van der Waals surface area contributed by atoms with E-state index < -0.39 is 5.85 Å². The van der Waals surface area contributed by atoms with Gasteiger partial charge in [-0.05, 0) is 74.5 Å². The zero-order valence-corrected chi connectivity index (χ0v) is 17.4. The van der Waals surface area contributed by atoms with E-state index in [1.165, 1.54) is 0 Å². The maximum absolute atomic E-state index is 9.18. The maximum atomic E-state index is 9.18. The number of ether oxygens (including phenoxy) is 1. The molecule has 0 aromatic rings. The molecule has 1 atom stereocenters. The van der Waals surface area contributed by atoms with Crippen LogP contribution in [0.15, 0.2) is 0 Å². The van der Waals surface area contributed by atoms with Crippen molar-refractivity contribution in [3.63, 3.8) is 0 Å². The van der Waals surface area contributed by atoms with Crippen molar-refractivity contribution in [2.75, 3.05) is 87.8 Å². The molecule has 0 bridgehead atoms. The van der Waals surface area contributed by atoms with Crippen LogP contribution in [-0.4, -0.2) is 123 Å². The lowest BCUT2D eigenvalue weighted by Crippen LogP contribution is -2.57. The van der Waals surface area contributed by atoms with Crippen molar-refractivity contribution >= 4 is 0 Å². The Morgan fingerprint density at radius 2 is 1.36 bits per heavy atom. The van der Waals surface area contributed by atoms with Crippen LogP contribution in [0.25, 0.3) is 0 Å². The van der Waals surface area contributed by atoms with Crippen molar-refractivity contribution < 1.29 is 14.9 Å². The molecule has 0 spiro atoms. The molecule has 0 aliphatic carbocycles. The van der Waals surface area contributed by atoms with Gasteiger partial charge in [0.1, 0.15) is 0 Å². The number of likely N-dealkylation sites (N-methyl/N-ethyl adjacent to an activating group) is 1. The lowest BCUT2D eigenvalue weighted by atomic mass is 10.3. The molecule has 1 unspecified atom stereocenters. The number of nitrogens with zero attached hydrogens (tertiary/aromatic N) is 4. The van der Waals surface area contributed by atoms with Gasteiger partial charge in [0.05, 0.1) is 13.2 Å². The first-order valence-electron chi connectivity index (χ1n) is 9.39. The van der Waals surface area contributed by atoms with Gasteiger partial charge in [0.25, 0.3) is 0 Å². The first-order valence-corrected chi connectivity index (χ1v) is 9.39. The molecular weight excluding hydrogens is 320 g/mol. The monoisotopic (exact) mass is 362 g/mol. The van der Waals surface area contributed by atoms with E-state index in [2.05, 4.69) is 23.9 Å². The van der Waals surface area contributed by atoms with Gasteiger partial charge in [0, 0.05) is 26.2 Å². The Hall–Kier alpha value is -0.280. The van der Waals surface area contributed by atoms with E-state index in [-0.39, 0.29) is 13.2 Å². The highest BCUT2D eigenvalue weighted by molar-refractivity contribution is 4.71. The van der Waals surface area contributed by atoms with Gasteiger partial charge in [-0.15, -0.1) is 0 Å². The summed E-state index contributed by atoms with van der Waals surface area (Å²) in [6.07, 6.45) is 2.90. The van der Waals surface area contributed by atoms with Gasteiger partial charge in [-0.3, -0.25) is 9.80 Å². The van der Waals surface area contributed by atoms with Crippen molar-refractivity contribution in [2.45, 2.75) is 32.0 Å². The molecule has 0 aromatic carbocycles. The quantitative estimate of drug-likeness (QED) is 0.300. The molecule has 7 nitrogen and oxygen atoms in total. The Kier molecular flexibility index (Phi) is 13.7. The zero-order chi connectivity index (χ0) is 19.3. The summed E-state index contributed by atoms with van der Waals surface area (Å²) in [5.41, 5.74) is 0. The standard InChI is InChI=1S/C18H42N4O3/c1-18(20(4)5,21(6)14-16-24)25-17-9-13-22(12-8-15-23)11-7-10-19(2)3/h23-24H,7-17H2,1-6H3. The van der Waals surface area contributed by atoms with Gasteiger partial charge in [0.15, 0.2) is 5.85 Å². The molecule has 0 aliphatic rings. The van der Waals surface area contributed by atoms with Gasteiger partial charge in [-0.2, -0.15) is 0 Å². The average Bonchev–Trinajstić information content (AvgIpc) is 2.55. The van der Waals surface area contributed by atoms with Crippen molar-refractivity contribution in [3.8, 4) is 0 Å². The predicted molar refractivity (Wildman–Crippen MR) is 104 cm³/mol. The predicted octanol–water partition coefficient (Wildman–Crippen LogP) is 0.189. The van der Waals surface area contributed by atoms with Gasteiger partial charge < -0.3 is 24.7 Å². The van der Waals surface area contributed by atoms with Crippen LogP contribution in [0.4, 0.5) is 0 Å². The fourth-order valence-corrected chi connectivity index (χ4v) is 2.73. The normalized spacial score (nSPS) is 14.9. The Bertz CT molecular complexity index is 319. The van der Waals surface area contributed by atoms with E-state index in [0.29, 0.717) is 13.2 Å². The highest BCUT2D eigenvalue weighted by Gasteiger charge is 2.32. The van der Waals surface area contributed by atoms with Crippen LogP contribution in [0.1, 0.15) is 26.2 Å². The summed E-state index contributed by atoms with van der Waals surface area (Å²) in [4.78, 5) is 8.66. The van der Waals surface area contributed by atoms with E-state index in [1.807, 2.05) is 37.9 Å². The van der Waals surface area contributed by atoms with E-state index in [1.54, 1.807) is 0 Å². The Morgan fingerprint density at radius 3 is 1.88 bits per heavy atom. The second kappa shape index (κ2) is 13.9. The van der Waals surface area contributed by atoms with Crippen molar-refractivity contribution in [1.29, 1.82) is 0 Å². The van der Waals surface area contributed by atoms with Gasteiger partial charge >= 0.3 is 0 Å². The van der Waals surface area contributed by atoms with Gasteiger partial charge in [-0.1, -0.05) is 0 Å². The van der Waals surface area contributed by atoms with Crippen LogP contribution in [0.3, 0.4) is 0 Å². The first kappa shape index (κ1) is 24.7. The van der Waals surface area contributed by atoms with Gasteiger partial charge in [0.2, 0.25) is 0 Å². The van der Waals surface area contributed by atoms with Gasteiger partial charge in [-0.25, -0.2) is 0 Å². The summed E-state index contributed by atoms with van der Waals surface area (Å²) in [5, 5.41) is 18.3. The molecule has 0 radical (unpaired) electrons. The summed E-state index contributed by atoms with van der Waals surface area (Å²) in [6, 6.07) is 0. The second-order valence-electron chi connectivity index (χ2n) is 7.25. The SMILES string of the molecule is CN(C)CCCN(CCCO)CCCOC(C)(N(C)C)N(C)CCO. The van der Waals surface area contributed by atoms with Crippen LogP contribution in [-0.2, 0) is 4.74 Å². The topological polar surface area (TPSA) is 62.7 Å². The van der Waals surface area contributed by atoms with Crippen LogP contribution < -0.4 is 0 Å². The minimum atomic E-state index is -0.524. The van der Waals surface area contributed by atoms with Crippen LogP contribution in [0.5, 0.6) is 0 Å². The molecule has 7 heteroatoms. The Balaban J connectivity index is 4.34. The smallest absolute Gasteiger partial charge is 0.176 e. The molecule has 2 N–H and O–H groups in total. The third-order valence-electron chi connectivity index (χ3n) is 4.68. The highest BCUT2D eigenvalue weighted by atomic mass is 16.5. The number of hydrogen-bond acceptors (Lipinski definition) is 7. The Morgan fingerprint density at radius 1 is 0.760 bits per heavy atom. The third kappa shape index (κ3) is 10.5. The third-order valence-corrected chi connectivity index (χ3v) is 4.68. The fraction of sp³-hybridized carbons (Fsp3) is 1.00. The van der Waals surface area contributed by atoms with Crippen molar-refractivity contribution in [2.24, 2.45) is 0 Å². The molecule has 0 aromatic heterocycles. The minimum absolute atomic E-state index is 0.115. The number of hydrogen-bond donors (Lipinski definition) is 2. The highest BCUT2D eigenvalue weighted by Crippen LogP contribution is 2.18. The average molecular weight is 363 g/mol. The van der Waals surface area contributed by atoms with Crippen LogP contribution in [0, 0.1) is 0 Å². The number of aliphatic hydroxyl groups excluding tert-OH is 2. The summed E-state index contributed by atoms with van der Waals surface area (Å²) in [5.74, 6) is -0.524. The molecule has 0 amide bonds.